The Morgan fingerprint density at radius 2 is 2.36 bits per heavy atom. The third-order valence-electron chi connectivity index (χ3n) is 2.26. The molecule has 0 aliphatic carbocycles. The Kier molecular flexibility index (Phi) is 3.03. The number of hydrogen-bond acceptors (Lipinski definition) is 2. The van der Waals surface area contributed by atoms with Crippen LogP contribution in [-0.4, -0.2) is 19.2 Å². The average Bonchev–Trinajstić information content (AvgIpc) is 2.05. The zero-order valence-electron chi connectivity index (χ0n) is 7.59. The first-order valence-electron chi connectivity index (χ1n) is 4.57. The lowest BCUT2D eigenvalue weighted by molar-refractivity contribution is 0.210. The van der Waals surface area contributed by atoms with Crippen molar-refractivity contribution in [3.8, 4) is 5.75 Å². The Hall–Kier alpha value is -0.610. The van der Waals surface area contributed by atoms with E-state index in [1.165, 1.54) is 6.07 Å². The molecule has 76 valence electrons. The highest BCUT2D eigenvalue weighted by Gasteiger charge is 2.17. The highest BCUT2D eigenvalue weighted by atomic mass is 79.9. The quantitative estimate of drug-likeness (QED) is 0.900. The molecule has 4 heteroatoms. The molecule has 0 bridgehead atoms. The van der Waals surface area contributed by atoms with Gasteiger partial charge in [0.1, 0.15) is 6.61 Å². The van der Waals surface area contributed by atoms with Crippen molar-refractivity contribution in [1.29, 1.82) is 0 Å². The van der Waals surface area contributed by atoms with Gasteiger partial charge in [0.25, 0.3) is 0 Å². The van der Waals surface area contributed by atoms with E-state index in [1.807, 2.05) is 0 Å². The molecule has 1 saturated heterocycles. The molecular formula is C10H11BrFNO. The van der Waals surface area contributed by atoms with Crippen LogP contribution < -0.4 is 10.1 Å². The maximum atomic E-state index is 13.2. The Bertz CT molecular complexity index is 328. The fraction of sp³-hybridized carbons (Fsp3) is 0.400. The minimum Gasteiger partial charge on any atom is -0.489 e. The Labute approximate surface area is 90.6 Å². The van der Waals surface area contributed by atoms with Gasteiger partial charge in [-0.2, -0.15) is 0 Å². The van der Waals surface area contributed by atoms with Crippen molar-refractivity contribution in [3.05, 3.63) is 28.5 Å². The first-order valence-corrected chi connectivity index (χ1v) is 5.36. The molecule has 14 heavy (non-hydrogen) atoms. The first-order chi connectivity index (χ1) is 6.75. The Balaban J connectivity index is 1.94. The summed E-state index contributed by atoms with van der Waals surface area (Å²) < 4.78 is 19.3. The number of ether oxygens (including phenoxy) is 1. The lowest BCUT2D eigenvalue weighted by Crippen LogP contribution is -2.46. The Morgan fingerprint density at radius 1 is 1.57 bits per heavy atom. The van der Waals surface area contributed by atoms with Gasteiger partial charge in [-0.05, 0) is 31.2 Å². The van der Waals surface area contributed by atoms with Crippen LogP contribution in [0, 0.1) is 5.82 Å². The van der Waals surface area contributed by atoms with Gasteiger partial charge in [-0.15, -0.1) is 0 Å². The van der Waals surface area contributed by atoms with Gasteiger partial charge in [0.2, 0.25) is 0 Å². The minimum absolute atomic E-state index is 0.321. The van der Waals surface area contributed by atoms with E-state index in [1.54, 1.807) is 12.1 Å². The van der Waals surface area contributed by atoms with E-state index >= 15 is 0 Å². The fourth-order valence-corrected chi connectivity index (χ4v) is 1.61. The summed E-state index contributed by atoms with van der Waals surface area (Å²) in [6.07, 6.45) is 1.11. The maximum Gasteiger partial charge on any atom is 0.166 e. The number of benzene rings is 1. The standard InChI is InChI=1S/C10H11BrFNO/c11-7-1-2-10(9(12)5-7)14-6-8-3-4-13-8/h1-2,5,8,13H,3-4,6H2. The molecular weight excluding hydrogens is 249 g/mol. The number of halogens is 2. The molecule has 0 aromatic heterocycles. The Morgan fingerprint density at radius 3 is 2.93 bits per heavy atom. The highest BCUT2D eigenvalue weighted by Crippen LogP contribution is 2.21. The molecule has 1 heterocycles. The van der Waals surface area contributed by atoms with Gasteiger partial charge in [-0.1, -0.05) is 15.9 Å². The normalized spacial score (nSPS) is 20.3. The first kappa shape index (κ1) is 9.93. The largest absolute Gasteiger partial charge is 0.489 e. The minimum atomic E-state index is -0.321. The van der Waals surface area contributed by atoms with E-state index in [2.05, 4.69) is 21.2 Å². The molecule has 1 N–H and O–H groups in total. The van der Waals surface area contributed by atoms with Gasteiger partial charge in [-0.25, -0.2) is 4.39 Å². The third-order valence-corrected chi connectivity index (χ3v) is 2.75. The third kappa shape index (κ3) is 2.25. The maximum absolute atomic E-state index is 13.2. The van der Waals surface area contributed by atoms with E-state index < -0.39 is 0 Å². The van der Waals surface area contributed by atoms with Crippen molar-refractivity contribution < 1.29 is 9.13 Å². The fourth-order valence-electron chi connectivity index (χ4n) is 1.27. The summed E-state index contributed by atoms with van der Waals surface area (Å²) in [7, 11) is 0. The van der Waals surface area contributed by atoms with Gasteiger partial charge in [0.15, 0.2) is 11.6 Å². The zero-order valence-corrected chi connectivity index (χ0v) is 9.18. The van der Waals surface area contributed by atoms with Crippen LogP contribution in [0.15, 0.2) is 22.7 Å². The van der Waals surface area contributed by atoms with Crippen molar-refractivity contribution in [2.75, 3.05) is 13.2 Å². The molecule has 2 rings (SSSR count). The lowest BCUT2D eigenvalue weighted by atomic mass is 10.1. The molecule has 0 radical (unpaired) electrons. The summed E-state index contributed by atoms with van der Waals surface area (Å²) in [5.41, 5.74) is 0. The molecule has 0 saturated carbocycles. The molecule has 2 nitrogen and oxygen atoms in total. The molecule has 1 aromatic carbocycles. The molecule has 1 unspecified atom stereocenters. The average molecular weight is 260 g/mol. The van der Waals surface area contributed by atoms with E-state index in [9.17, 15) is 4.39 Å². The summed E-state index contributed by atoms with van der Waals surface area (Å²) in [6, 6.07) is 5.20. The number of nitrogens with one attached hydrogen (secondary N) is 1. The monoisotopic (exact) mass is 259 g/mol. The van der Waals surface area contributed by atoms with Crippen LogP contribution in [0.5, 0.6) is 5.75 Å². The molecule has 1 aliphatic heterocycles. The summed E-state index contributed by atoms with van der Waals surface area (Å²) in [5.74, 6) is 0.000554. The molecule has 1 fully saturated rings. The van der Waals surface area contributed by atoms with Crippen molar-refractivity contribution in [2.45, 2.75) is 12.5 Å². The van der Waals surface area contributed by atoms with Gasteiger partial charge >= 0.3 is 0 Å². The number of hydrogen-bond donors (Lipinski definition) is 1. The molecule has 0 amide bonds. The molecule has 0 spiro atoms. The van der Waals surface area contributed by atoms with E-state index in [-0.39, 0.29) is 5.82 Å². The van der Waals surface area contributed by atoms with Crippen LogP contribution in [0.3, 0.4) is 0 Å². The summed E-state index contributed by atoms with van der Waals surface area (Å²) in [6.45, 7) is 1.58. The summed E-state index contributed by atoms with van der Waals surface area (Å²) in [5, 5.41) is 3.19. The van der Waals surface area contributed by atoms with Gasteiger partial charge in [0.05, 0.1) is 0 Å². The predicted molar refractivity (Wildman–Crippen MR) is 56.0 cm³/mol. The van der Waals surface area contributed by atoms with E-state index in [0.29, 0.717) is 18.4 Å². The molecule has 1 atom stereocenters. The van der Waals surface area contributed by atoms with Crippen LogP contribution in [-0.2, 0) is 0 Å². The molecule has 1 aliphatic rings. The van der Waals surface area contributed by atoms with Crippen LogP contribution in [0.1, 0.15) is 6.42 Å². The second-order valence-corrected chi connectivity index (χ2v) is 4.24. The lowest BCUT2D eigenvalue weighted by Gasteiger charge is -2.27. The van der Waals surface area contributed by atoms with Gasteiger partial charge in [0, 0.05) is 10.5 Å². The summed E-state index contributed by atoms with van der Waals surface area (Å²) >= 11 is 3.19. The van der Waals surface area contributed by atoms with Gasteiger partial charge in [-0.3, -0.25) is 0 Å². The van der Waals surface area contributed by atoms with Crippen LogP contribution in [0.25, 0.3) is 0 Å². The van der Waals surface area contributed by atoms with E-state index in [0.717, 1.165) is 17.4 Å². The van der Waals surface area contributed by atoms with Gasteiger partial charge < -0.3 is 10.1 Å². The van der Waals surface area contributed by atoms with Crippen molar-refractivity contribution in [2.24, 2.45) is 0 Å². The van der Waals surface area contributed by atoms with Crippen molar-refractivity contribution in [1.82, 2.24) is 5.32 Å². The topological polar surface area (TPSA) is 21.3 Å². The van der Waals surface area contributed by atoms with Crippen molar-refractivity contribution in [3.63, 3.8) is 0 Å². The number of rotatable bonds is 3. The smallest absolute Gasteiger partial charge is 0.166 e. The second-order valence-electron chi connectivity index (χ2n) is 3.33. The SMILES string of the molecule is Fc1cc(Br)ccc1OCC1CCN1. The van der Waals surface area contributed by atoms with Crippen LogP contribution in [0.4, 0.5) is 4.39 Å². The highest BCUT2D eigenvalue weighted by molar-refractivity contribution is 9.10. The van der Waals surface area contributed by atoms with E-state index in [4.69, 9.17) is 4.74 Å². The van der Waals surface area contributed by atoms with Crippen LogP contribution in [0.2, 0.25) is 0 Å². The summed E-state index contributed by atoms with van der Waals surface area (Å²) in [4.78, 5) is 0. The molecule has 1 aromatic rings. The zero-order chi connectivity index (χ0) is 9.97. The van der Waals surface area contributed by atoms with Crippen LogP contribution >= 0.6 is 15.9 Å². The second kappa shape index (κ2) is 4.28. The van der Waals surface area contributed by atoms with Crippen molar-refractivity contribution >= 4 is 15.9 Å². The predicted octanol–water partition coefficient (Wildman–Crippen LogP) is 2.33.